The number of para-hydroxylation sites is 1. The van der Waals surface area contributed by atoms with Crippen LogP contribution in [-0.4, -0.2) is 23.3 Å². The van der Waals surface area contributed by atoms with E-state index < -0.39 is 0 Å². The summed E-state index contributed by atoms with van der Waals surface area (Å²) in [6.45, 7) is 3.36. The van der Waals surface area contributed by atoms with E-state index in [0.29, 0.717) is 29.9 Å². The molecule has 0 radical (unpaired) electrons. The van der Waals surface area contributed by atoms with Gasteiger partial charge in [0.25, 0.3) is 5.56 Å². The summed E-state index contributed by atoms with van der Waals surface area (Å²) in [5, 5.41) is 0.650. The van der Waals surface area contributed by atoms with Crippen molar-refractivity contribution in [2.45, 2.75) is 39.2 Å². The van der Waals surface area contributed by atoms with Crippen LogP contribution in [0.3, 0.4) is 0 Å². The van der Waals surface area contributed by atoms with Crippen molar-refractivity contribution in [3.63, 3.8) is 0 Å². The molecule has 0 unspecified atom stereocenters. The summed E-state index contributed by atoms with van der Waals surface area (Å²) in [5.41, 5.74) is 2.82. The number of methoxy groups -OCH3 is 1. The molecule has 1 aromatic heterocycles. The summed E-state index contributed by atoms with van der Waals surface area (Å²) in [4.78, 5) is 18.1. The van der Waals surface area contributed by atoms with Gasteiger partial charge in [-0.15, -0.1) is 0 Å². The number of aryl methyl sites for hydroxylation is 1. The molecule has 176 valence electrons. The fourth-order valence-electron chi connectivity index (χ4n) is 3.97. The van der Waals surface area contributed by atoms with E-state index in [9.17, 15) is 4.79 Å². The van der Waals surface area contributed by atoms with E-state index in [4.69, 9.17) is 14.5 Å². The number of hydrogen-bond acceptors (Lipinski definition) is 4. The molecule has 0 atom stereocenters. The number of benzene rings is 3. The van der Waals surface area contributed by atoms with Crippen molar-refractivity contribution in [1.82, 2.24) is 9.55 Å². The molecule has 0 amide bonds. The number of hydrogen-bond donors (Lipinski definition) is 0. The average Bonchev–Trinajstić information content (AvgIpc) is 2.85. The Balaban J connectivity index is 1.40. The van der Waals surface area contributed by atoms with Gasteiger partial charge < -0.3 is 9.47 Å². The van der Waals surface area contributed by atoms with Crippen molar-refractivity contribution < 1.29 is 9.47 Å². The second-order valence-electron chi connectivity index (χ2n) is 8.33. The van der Waals surface area contributed by atoms with Crippen LogP contribution >= 0.6 is 15.9 Å². The van der Waals surface area contributed by atoms with Gasteiger partial charge in [0, 0.05) is 12.1 Å². The molecule has 0 fully saturated rings. The molecule has 4 rings (SSSR count). The minimum atomic E-state index is 0.00368. The van der Waals surface area contributed by atoms with E-state index in [-0.39, 0.29) is 5.56 Å². The molecule has 0 aliphatic rings. The Bertz CT molecular complexity index is 1320. The molecular weight excluding hydrogens is 492 g/mol. The van der Waals surface area contributed by atoms with Gasteiger partial charge >= 0.3 is 0 Å². The normalized spacial score (nSPS) is 11.0. The molecule has 3 aromatic carbocycles. The number of rotatable bonds is 10. The summed E-state index contributed by atoms with van der Waals surface area (Å²) in [6.07, 6.45) is 3.92. The Hall–Kier alpha value is -3.12. The molecule has 0 bridgehead atoms. The minimum Gasteiger partial charge on any atom is -0.497 e. The first-order valence-corrected chi connectivity index (χ1v) is 12.4. The van der Waals surface area contributed by atoms with E-state index in [2.05, 4.69) is 35.0 Å². The van der Waals surface area contributed by atoms with Crippen LogP contribution in [0.15, 0.2) is 76.0 Å². The van der Waals surface area contributed by atoms with E-state index >= 15 is 0 Å². The maximum atomic E-state index is 13.3. The lowest BCUT2D eigenvalue weighted by atomic mass is 10.1. The van der Waals surface area contributed by atoms with Crippen LogP contribution in [0.25, 0.3) is 22.3 Å². The van der Waals surface area contributed by atoms with E-state index in [0.717, 1.165) is 47.2 Å². The quantitative estimate of drug-likeness (QED) is 0.216. The average molecular weight is 521 g/mol. The van der Waals surface area contributed by atoms with Gasteiger partial charge in [-0.3, -0.25) is 9.36 Å². The molecule has 0 N–H and O–H groups in total. The Kier molecular flexibility index (Phi) is 8.01. The molecule has 0 saturated heterocycles. The first-order chi connectivity index (χ1) is 16.6. The van der Waals surface area contributed by atoms with Crippen LogP contribution in [0.5, 0.6) is 11.5 Å². The predicted octanol–water partition coefficient (Wildman–Crippen LogP) is 6.78. The highest BCUT2D eigenvalue weighted by Crippen LogP contribution is 2.26. The third-order valence-electron chi connectivity index (χ3n) is 5.83. The van der Waals surface area contributed by atoms with Gasteiger partial charge in [0.1, 0.15) is 17.3 Å². The molecule has 0 aliphatic carbocycles. The highest BCUT2D eigenvalue weighted by Gasteiger charge is 2.13. The van der Waals surface area contributed by atoms with Crippen molar-refractivity contribution in [1.29, 1.82) is 0 Å². The zero-order valence-corrected chi connectivity index (χ0v) is 21.2. The van der Waals surface area contributed by atoms with Crippen molar-refractivity contribution in [3.05, 3.63) is 87.1 Å². The zero-order chi connectivity index (χ0) is 23.9. The second-order valence-corrected chi connectivity index (χ2v) is 9.19. The maximum absolute atomic E-state index is 13.3. The lowest BCUT2D eigenvalue weighted by molar-refractivity contribution is 0.302. The van der Waals surface area contributed by atoms with Crippen LogP contribution in [0, 0.1) is 6.92 Å². The fourth-order valence-corrected chi connectivity index (χ4v) is 4.57. The molecule has 5 nitrogen and oxygen atoms in total. The molecule has 0 spiro atoms. The number of nitrogens with zero attached hydrogens (tertiary/aromatic N) is 2. The molecule has 4 aromatic rings. The Labute approximate surface area is 208 Å². The zero-order valence-electron chi connectivity index (χ0n) is 19.6. The lowest BCUT2D eigenvalue weighted by Gasteiger charge is -2.14. The summed E-state index contributed by atoms with van der Waals surface area (Å²) in [6, 6.07) is 21.3. The standard InChI is InChI=1S/C28H29BrN2O3/c1-20-11-16-26(24(29)19-20)34-18-8-4-3-7-17-31-27(21-12-14-22(33-2)15-13-21)30-25-10-6-5-9-23(25)28(31)32/h5-6,9-16,19H,3-4,7-8,17-18H2,1-2H3. The van der Waals surface area contributed by atoms with Gasteiger partial charge in [0.05, 0.1) is 29.1 Å². The van der Waals surface area contributed by atoms with Crippen LogP contribution in [0.2, 0.25) is 0 Å². The second kappa shape index (κ2) is 11.3. The Morgan fingerprint density at radius 3 is 2.47 bits per heavy atom. The Morgan fingerprint density at radius 2 is 1.71 bits per heavy atom. The number of ether oxygens (including phenoxy) is 2. The molecule has 6 heteroatoms. The third kappa shape index (κ3) is 5.68. The predicted molar refractivity (Wildman–Crippen MR) is 141 cm³/mol. The smallest absolute Gasteiger partial charge is 0.261 e. The monoisotopic (exact) mass is 520 g/mol. The topological polar surface area (TPSA) is 53.3 Å². The SMILES string of the molecule is COc1ccc(-c2nc3ccccc3c(=O)n2CCCCCCOc2ccc(C)cc2Br)cc1. The van der Waals surface area contributed by atoms with E-state index in [1.807, 2.05) is 59.2 Å². The number of fused-ring (bicyclic) bond motifs is 1. The third-order valence-corrected chi connectivity index (χ3v) is 6.45. The summed E-state index contributed by atoms with van der Waals surface area (Å²) >= 11 is 3.55. The molecular formula is C28H29BrN2O3. The van der Waals surface area contributed by atoms with Gasteiger partial charge in [-0.2, -0.15) is 0 Å². The van der Waals surface area contributed by atoms with Gasteiger partial charge in [-0.05, 0) is 89.8 Å². The summed E-state index contributed by atoms with van der Waals surface area (Å²) < 4.78 is 14.0. The molecule has 0 saturated carbocycles. The largest absolute Gasteiger partial charge is 0.497 e. The summed E-state index contributed by atoms with van der Waals surface area (Å²) in [5.74, 6) is 2.35. The van der Waals surface area contributed by atoms with Crippen molar-refractivity contribution >= 4 is 26.8 Å². The van der Waals surface area contributed by atoms with Crippen LogP contribution in [0.4, 0.5) is 0 Å². The van der Waals surface area contributed by atoms with Crippen LogP contribution < -0.4 is 15.0 Å². The number of aromatic nitrogens is 2. The van der Waals surface area contributed by atoms with Crippen molar-refractivity contribution in [2.24, 2.45) is 0 Å². The van der Waals surface area contributed by atoms with Crippen LogP contribution in [-0.2, 0) is 6.54 Å². The Morgan fingerprint density at radius 1 is 0.941 bits per heavy atom. The van der Waals surface area contributed by atoms with Gasteiger partial charge in [-0.1, -0.05) is 31.0 Å². The molecule has 34 heavy (non-hydrogen) atoms. The van der Waals surface area contributed by atoms with Gasteiger partial charge in [0.2, 0.25) is 0 Å². The first-order valence-electron chi connectivity index (χ1n) is 11.6. The van der Waals surface area contributed by atoms with Crippen molar-refractivity contribution in [2.75, 3.05) is 13.7 Å². The first kappa shape index (κ1) is 24.0. The molecule has 0 aliphatic heterocycles. The van der Waals surface area contributed by atoms with Crippen molar-refractivity contribution in [3.8, 4) is 22.9 Å². The lowest BCUT2D eigenvalue weighted by Crippen LogP contribution is -2.23. The number of unbranched alkanes of at least 4 members (excludes halogenated alkanes) is 3. The van der Waals surface area contributed by atoms with Gasteiger partial charge in [0.15, 0.2) is 0 Å². The van der Waals surface area contributed by atoms with E-state index in [1.165, 1.54) is 5.56 Å². The summed E-state index contributed by atoms with van der Waals surface area (Å²) in [7, 11) is 1.64. The fraction of sp³-hybridized carbons (Fsp3) is 0.286. The van der Waals surface area contributed by atoms with Gasteiger partial charge in [-0.25, -0.2) is 4.98 Å². The number of halogens is 1. The highest BCUT2D eigenvalue weighted by molar-refractivity contribution is 9.10. The minimum absolute atomic E-state index is 0.00368. The maximum Gasteiger partial charge on any atom is 0.261 e. The van der Waals surface area contributed by atoms with E-state index in [1.54, 1.807) is 7.11 Å². The molecule has 1 heterocycles. The highest BCUT2D eigenvalue weighted by atomic mass is 79.9. The van der Waals surface area contributed by atoms with Crippen LogP contribution in [0.1, 0.15) is 31.2 Å².